The molecule has 0 atom stereocenters. The van der Waals surface area contributed by atoms with Crippen molar-refractivity contribution in [2.75, 3.05) is 33.9 Å². The third-order valence-electron chi connectivity index (χ3n) is 4.49. The van der Waals surface area contributed by atoms with Crippen molar-refractivity contribution < 1.29 is 4.74 Å². The van der Waals surface area contributed by atoms with Crippen LogP contribution in [0.5, 0.6) is 0 Å². The molecule has 156 valence electrons. The molecule has 1 aromatic carbocycles. The predicted octanol–water partition coefficient (Wildman–Crippen LogP) is 4.02. The second-order valence-corrected chi connectivity index (χ2v) is 6.95. The van der Waals surface area contributed by atoms with Gasteiger partial charge in [0.15, 0.2) is 5.96 Å². The van der Waals surface area contributed by atoms with E-state index in [0.717, 1.165) is 51.6 Å². The first-order valence-electron chi connectivity index (χ1n) is 9.87. The maximum absolute atomic E-state index is 5.59. The van der Waals surface area contributed by atoms with Gasteiger partial charge in [0, 0.05) is 45.9 Å². The Morgan fingerprint density at radius 3 is 2.41 bits per heavy atom. The second-order valence-electron chi connectivity index (χ2n) is 6.95. The normalized spacial score (nSPS) is 11.6. The topological polar surface area (TPSA) is 48.9 Å². The van der Waals surface area contributed by atoms with Crippen molar-refractivity contribution in [3.05, 3.63) is 35.4 Å². The molecule has 0 amide bonds. The van der Waals surface area contributed by atoms with Gasteiger partial charge >= 0.3 is 0 Å². The number of guanidine groups is 1. The average molecular weight is 490 g/mol. The van der Waals surface area contributed by atoms with Gasteiger partial charge < -0.3 is 15.4 Å². The summed E-state index contributed by atoms with van der Waals surface area (Å²) >= 11 is 0. The van der Waals surface area contributed by atoms with Crippen LogP contribution in [0.25, 0.3) is 0 Å². The van der Waals surface area contributed by atoms with E-state index in [2.05, 4.69) is 72.6 Å². The number of nitrogens with zero attached hydrogens (tertiary/aromatic N) is 2. The zero-order valence-corrected chi connectivity index (χ0v) is 20.1. The van der Waals surface area contributed by atoms with Crippen molar-refractivity contribution in [3.63, 3.8) is 0 Å². The van der Waals surface area contributed by atoms with E-state index in [1.807, 2.05) is 7.05 Å². The largest absolute Gasteiger partial charge is 0.381 e. The molecule has 0 aliphatic rings. The number of rotatable bonds is 12. The summed E-state index contributed by atoms with van der Waals surface area (Å²) < 4.78 is 5.59. The van der Waals surface area contributed by atoms with Gasteiger partial charge in [0.2, 0.25) is 0 Å². The van der Waals surface area contributed by atoms with E-state index < -0.39 is 0 Å². The molecule has 0 spiro atoms. The minimum absolute atomic E-state index is 0. The summed E-state index contributed by atoms with van der Waals surface area (Å²) in [4.78, 5) is 6.66. The highest BCUT2D eigenvalue weighted by Crippen LogP contribution is 2.12. The minimum Gasteiger partial charge on any atom is -0.381 e. The molecule has 5 nitrogen and oxygen atoms in total. The SMILES string of the molecule is CCCCOCCCNC(=NC)NCc1ccccc1CN(C)C(C)C.I. The third-order valence-corrected chi connectivity index (χ3v) is 4.49. The maximum Gasteiger partial charge on any atom is 0.191 e. The Hall–Kier alpha value is -0.860. The first-order valence-corrected chi connectivity index (χ1v) is 9.87. The Morgan fingerprint density at radius 1 is 1.11 bits per heavy atom. The van der Waals surface area contributed by atoms with E-state index in [9.17, 15) is 0 Å². The first kappa shape index (κ1) is 26.1. The molecule has 0 fully saturated rings. The molecule has 6 heteroatoms. The second kappa shape index (κ2) is 16.1. The Bertz CT molecular complexity index is 523. The van der Waals surface area contributed by atoms with Gasteiger partial charge in [-0.2, -0.15) is 0 Å². The molecule has 0 bridgehead atoms. The molecule has 1 rings (SSSR count). The van der Waals surface area contributed by atoms with Crippen molar-refractivity contribution in [1.29, 1.82) is 0 Å². The molecule has 0 aliphatic carbocycles. The van der Waals surface area contributed by atoms with Crippen LogP contribution in [-0.4, -0.2) is 50.8 Å². The lowest BCUT2D eigenvalue weighted by Crippen LogP contribution is -2.38. The summed E-state index contributed by atoms with van der Waals surface area (Å²) in [5.41, 5.74) is 2.67. The number of hydrogen-bond donors (Lipinski definition) is 2. The summed E-state index contributed by atoms with van der Waals surface area (Å²) in [5, 5.41) is 6.78. The van der Waals surface area contributed by atoms with Crippen molar-refractivity contribution in [2.45, 2.75) is 59.2 Å². The standard InChI is InChI=1S/C21H38N4O.HI/c1-6-7-14-26-15-10-13-23-21(22-4)24-16-19-11-8-9-12-20(19)17-25(5)18(2)3;/h8-9,11-12,18H,6-7,10,13-17H2,1-5H3,(H2,22,23,24);1H. The molecular weight excluding hydrogens is 451 g/mol. The highest BCUT2D eigenvalue weighted by atomic mass is 127. The molecule has 2 N–H and O–H groups in total. The summed E-state index contributed by atoms with van der Waals surface area (Å²) in [7, 11) is 3.98. The Morgan fingerprint density at radius 2 is 1.78 bits per heavy atom. The Balaban J connectivity index is 0.00000676. The van der Waals surface area contributed by atoms with Gasteiger partial charge in [0.1, 0.15) is 0 Å². The highest BCUT2D eigenvalue weighted by Gasteiger charge is 2.08. The van der Waals surface area contributed by atoms with Gasteiger partial charge in [-0.25, -0.2) is 0 Å². The lowest BCUT2D eigenvalue weighted by atomic mass is 10.1. The molecule has 0 radical (unpaired) electrons. The van der Waals surface area contributed by atoms with Crippen molar-refractivity contribution in [3.8, 4) is 0 Å². The van der Waals surface area contributed by atoms with E-state index in [4.69, 9.17) is 4.74 Å². The molecule has 27 heavy (non-hydrogen) atoms. The quantitative estimate of drug-likeness (QED) is 0.201. The monoisotopic (exact) mass is 490 g/mol. The van der Waals surface area contributed by atoms with E-state index in [-0.39, 0.29) is 24.0 Å². The fourth-order valence-corrected chi connectivity index (χ4v) is 2.46. The van der Waals surface area contributed by atoms with Crippen LogP contribution < -0.4 is 10.6 Å². The minimum atomic E-state index is 0. The molecule has 0 aromatic heterocycles. The van der Waals surface area contributed by atoms with Gasteiger partial charge in [0.05, 0.1) is 0 Å². The number of unbranched alkanes of at least 4 members (excludes halogenated alkanes) is 1. The maximum atomic E-state index is 5.59. The lowest BCUT2D eigenvalue weighted by Gasteiger charge is -2.23. The number of aliphatic imine (C=N–C) groups is 1. The number of hydrogen-bond acceptors (Lipinski definition) is 3. The van der Waals surface area contributed by atoms with Gasteiger partial charge in [-0.15, -0.1) is 24.0 Å². The van der Waals surface area contributed by atoms with Crippen LogP contribution in [0.1, 0.15) is 51.2 Å². The van der Waals surface area contributed by atoms with Crippen molar-refractivity contribution >= 4 is 29.9 Å². The molecule has 0 saturated heterocycles. The summed E-state index contributed by atoms with van der Waals surface area (Å²) in [6, 6.07) is 9.13. The highest BCUT2D eigenvalue weighted by molar-refractivity contribution is 14.0. The number of ether oxygens (including phenoxy) is 1. The van der Waals surface area contributed by atoms with Crippen LogP contribution in [-0.2, 0) is 17.8 Å². The number of halogens is 1. The van der Waals surface area contributed by atoms with E-state index in [1.165, 1.54) is 17.5 Å². The van der Waals surface area contributed by atoms with Gasteiger partial charge in [-0.1, -0.05) is 37.6 Å². The van der Waals surface area contributed by atoms with E-state index in [0.29, 0.717) is 6.04 Å². The third kappa shape index (κ3) is 11.5. The van der Waals surface area contributed by atoms with Crippen LogP contribution in [0.2, 0.25) is 0 Å². The van der Waals surface area contributed by atoms with Crippen LogP contribution >= 0.6 is 24.0 Å². The fraction of sp³-hybridized carbons (Fsp3) is 0.667. The molecular formula is C21H39IN4O. The smallest absolute Gasteiger partial charge is 0.191 e. The summed E-state index contributed by atoms with van der Waals surface area (Å²) in [6.45, 7) is 10.9. The number of nitrogens with one attached hydrogen (secondary N) is 2. The summed E-state index contributed by atoms with van der Waals surface area (Å²) in [5.74, 6) is 0.838. The molecule has 0 saturated carbocycles. The van der Waals surface area contributed by atoms with Gasteiger partial charge in [-0.3, -0.25) is 9.89 Å². The predicted molar refractivity (Wildman–Crippen MR) is 127 cm³/mol. The number of benzene rings is 1. The molecule has 0 unspecified atom stereocenters. The van der Waals surface area contributed by atoms with Crippen LogP contribution in [0.3, 0.4) is 0 Å². The summed E-state index contributed by atoms with van der Waals surface area (Å²) in [6.07, 6.45) is 3.31. The Kier molecular flexibility index (Phi) is 15.6. The zero-order valence-electron chi connectivity index (χ0n) is 17.8. The van der Waals surface area contributed by atoms with Crippen molar-refractivity contribution in [2.24, 2.45) is 4.99 Å². The zero-order chi connectivity index (χ0) is 19.2. The van der Waals surface area contributed by atoms with Crippen LogP contribution in [0, 0.1) is 0 Å². The van der Waals surface area contributed by atoms with Crippen molar-refractivity contribution in [1.82, 2.24) is 15.5 Å². The van der Waals surface area contributed by atoms with Gasteiger partial charge in [0.25, 0.3) is 0 Å². The average Bonchev–Trinajstić information content (AvgIpc) is 2.64. The molecule has 1 aromatic rings. The Labute approximate surface area is 183 Å². The molecule has 0 aliphatic heterocycles. The lowest BCUT2D eigenvalue weighted by molar-refractivity contribution is 0.129. The van der Waals surface area contributed by atoms with E-state index >= 15 is 0 Å². The van der Waals surface area contributed by atoms with E-state index in [1.54, 1.807) is 0 Å². The van der Waals surface area contributed by atoms with Gasteiger partial charge in [-0.05, 0) is 44.9 Å². The first-order chi connectivity index (χ1) is 12.6. The van der Waals surface area contributed by atoms with Crippen LogP contribution in [0.4, 0.5) is 0 Å². The fourth-order valence-electron chi connectivity index (χ4n) is 2.46. The van der Waals surface area contributed by atoms with Crippen LogP contribution in [0.15, 0.2) is 29.3 Å². The molecule has 0 heterocycles.